The lowest BCUT2D eigenvalue weighted by Gasteiger charge is -2.26. The predicted octanol–water partition coefficient (Wildman–Crippen LogP) is 18.5. The molecule has 0 aliphatic carbocycles. The Bertz CT molecular complexity index is 3570. The van der Waals surface area contributed by atoms with Crippen LogP contribution in [0.25, 0.3) is 22.3 Å². The smallest absolute Gasteiger partial charge is 0.306 e. The van der Waals surface area contributed by atoms with E-state index in [-0.39, 0.29) is 27.6 Å². The second-order valence-electron chi connectivity index (χ2n) is 29.4. The van der Waals surface area contributed by atoms with Crippen LogP contribution in [0.1, 0.15) is 196 Å². The fourth-order valence-corrected chi connectivity index (χ4v) is 12.4. The van der Waals surface area contributed by atoms with E-state index in [0.717, 1.165) is 88.8 Å². The molecule has 94 heavy (non-hydrogen) atoms. The summed E-state index contributed by atoms with van der Waals surface area (Å²) < 4.78 is 22.3. The Morgan fingerprint density at radius 2 is 0.883 bits per heavy atom. The normalized spacial score (nSPS) is 12.5. The molecule has 9 rings (SSSR count). The van der Waals surface area contributed by atoms with Crippen molar-refractivity contribution in [2.24, 2.45) is 5.92 Å². The van der Waals surface area contributed by atoms with E-state index >= 15 is 0 Å². The van der Waals surface area contributed by atoms with E-state index in [0.29, 0.717) is 64.1 Å². The van der Waals surface area contributed by atoms with Gasteiger partial charge in [0.05, 0.1) is 49.9 Å². The number of thioether (sulfide) groups is 1. The van der Waals surface area contributed by atoms with Gasteiger partial charge in [-0.2, -0.15) is 0 Å². The Morgan fingerprint density at radius 3 is 1.24 bits per heavy atom. The molecule has 2 aromatic heterocycles. The molecule has 0 radical (unpaired) electrons. The summed E-state index contributed by atoms with van der Waals surface area (Å²) >= 11 is 1.73. The number of carbonyl (C=O) groups excluding carboxylic acids is 1. The second kappa shape index (κ2) is 32.1. The first-order chi connectivity index (χ1) is 44.9. The number of unbranched alkanes of at least 4 members (excludes halogenated alkanes) is 1. The molecule has 0 amide bonds. The molecule has 0 fully saturated rings. The van der Waals surface area contributed by atoms with Crippen molar-refractivity contribution in [1.82, 2.24) is 40.6 Å². The number of hydrogen-bond donors (Lipinski definition) is 2. The van der Waals surface area contributed by atoms with Gasteiger partial charge in [0.15, 0.2) is 0 Å². The predicted molar refractivity (Wildman–Crippen MR) is 385 cm³/mol. The summed E-state index contributed by atoms with van der Waals surface area (Å²) in [5.74, 6) is 2.49. The molecule has 7 aromatic carbocycles. The maximum absolute atomic E-state index is 13.2. The van der Waals surface area contributed by atoms with E-state index in [1.807, 2.05) is 33.6 Å². The third-order valence-corrected chi connectivity index (χ3v) is 18.7. The molecule has 1 atom stereocenters. The minimum Gasteiger partial charge on any atom is -0.487 e. The van der Waals surface area contributed by atoms with Gasteiger partial charge in [-0.05, 0) is 136 Å². The van der Waals surface area contributed by atoms with E-state index in [1.54, 1.807) is 24.2 Å². The molecule has 0 bridgehead atoms. The lowest BCUT2D eigenvalue weighted by Crippen LogP contribution is -2.18. The van der Waals surface area contributed by atoms with Crippen LogP contribution in [0.5, 0.6) is 11.5 Å². The average Bonchev–Trinajstić information content (AvgIpc) is 0.950. The van der Waals surface area contributed by atoms with Crippen LogP contribution in [0.3, 0.4) is 0 Å². The molecule has 0 saturated carbocycles. The van der Waals surface area contributed by atoms with Crippen molar-refractivity contribution in [3.8, 4) is 33.8 Å². The van der Waals surface area contributed by atoms with Crippen molar-refractivity contribution < 1.29 is 19.0 Å². The van der Waals surface area contributed by atoms with Crippen LogP contribution in [-0.4, -0.2) is 48.3 Å². The maximum atomic E-state index is 13.2. The first-order valence-electron chi connectivity index (χ1n) is 33.9. The molecule has 2 N–H and O–H groups in total. The number of carbonyl (C=O) groups is 1. The van der Waals surface area contributed by atoms with Gasteiger partial charge in [-0.25, -0.2) is 9.36 Å². The zero-order valence-corrected chi connectivity index (χ0v) is 59.3. The Balaban J connectivity index is 0.786. The molecule has 0 aliphatic rings. The molecule has 2 heterocycles. The highest BCUT2D eigenvalue weighted by Gasteiger charge is 2.24. The third-order valence-electron chi connectivity index (χ3n) is 17.6. The van der Waals surface area contributed by atoms with Crippen molar-refractivity contribution in [2.75, 3.05) is 12.4 Å². The molecule has 0 saturated heterocycles. The van der Waals surface area contributed by atoms with Crippen molar-refractivity contribution in [3.05, 3.63) is 231 Å². The van der Waals surface area contributed by atoms with E-state index in [4.69, 9.17) is 14.2 Å². The molecule has 0 aliphatic heterocycles. The lowest BCUT2D eigenvalue weighted by atomic mass is 9.79. The topological polar surface area (TPSA) is 130 Å². The Morgan fingerprint density at radius 1 is 0.500 bits per heavy atom. The Kier molecular flexibility index (Phi) is 24.0. The zero-order valence-electron chi connectivity index (χ0n) is 58.5. The summed E-state index contributed by atoms with van der Waals surface area (Å²) in [6, 6.07) is 54.7. The van der Waals surface area contributed by atoms with E-state index < -0.39 is 0 Å². The first-order valence-corrected chi connectivity index (χ1v) is 34.9. The number of benzene rings is 7. The molecule has 0 spiro atoms. The molecule has 1 unspecified atom stereocenters. The molecular weight excluding hydrogens is 1180 g/mol. The SMILES string of the molecule is CCCCC(CC)COC(=O)CCSc1c(-c2ccc(CNCc3ccc(OCc4cnnn4Cc4cc(C(C)(C)C)cc(C(C)(C)C)c4)cc3)cc2)cccc1-c1ccc(CNCc2ccc(OCc3cnnn3Cc3cc(C(C)(C)C)cc(C(C)(C)C)c3)cc2)cc1. The summed E-state index contributed by atoms with van der Waals surface area (Å²) in [7, 11) is 0. The molecule has 12 nitrogen and oxygen atoms in total. The number of rotatable bonds is 30. The Labute approximate surface area is 565 Å². The van der Waals surface area contributed by atoms with Gasteiger partial charge in [0.2, 0.25) is 0 Å². The van der Waals surface area contributed by atoms with Crippen LogP contribution in [0.2, 0.25) is 0 Å². The summed E-state index contributed by atoms with van der Waals surface area (Å²) in [5, 5.41) is 24.7. The van der Waals surface area contributed by atoms with Gasteiger partial charge in [0, 0.05) is 36.8 Å². The maximum Gasteiger partial charge on any atom is 0.306 e. The molecule has 496 valence electrons. The molecular formula is C81H102N8O4S. The van der Waals surface area contributed by atoms with Gasteiger partial charge in [-0.3, -0.25) is 4.79 Å². The summed E-state index contributed by atoms with van der Waals surface area (Å²) in [6.07, 6.45) is 8.34. The van der Waals surface area contributed by atoms with E-state index in [1.165, 1.54) is 55.6 Å². The molecule has 13 heteroatoms. The quantitative estimate of drug-likeness (QED) is 0.0330. The van der Waals surface area contributed by atoms with Gasteiger partial charge in [-0.1, -0.05) is 254 Å². The fourth-order valence-electron chi connectivity index (χ4n) is 11.3. The highest BCUT2D eigenvalue weighted by Crippen LogP contribution is 2.41. The van der Waals surface area contributed by atoms with Gasteiger partial charge in [0.25, 0.3) is 0 Å². The van der Waals surface area contributed by atoms with E-state index in [2.05, 4.69) is 256 Å². The highest BCUT2D eigenvalue weighted by atomic mass is 32.2. The number of hydrogen-bond acceptors (Lipinski definition) is 11. The number of ether oxygens (including phenoxy) is 3. The largest absolute Gasteiger partial charge is 0.487 e. The standard InChI is InChI=1S/C81H102N8O4S/c1-15-17-19-57(16-2)54-93-76(90)38-39-94-77-74(64-30-22-58(23-31-64)46-82-48-60-26-34-72(35-27-60)91-55-70-50-84-86-88(70)52-62-40-66(78(3,4)5)44-67(41-62)79(6,7)8)20-18-21-75(77)65-32-24-59(25-33-65)47-83-49-61-28-36-73(37-29-61)92-56-71-51-85-87-89(71)53-63-42-68(80(9,10)11)45-69(43-63)81(12,13)14/h18,20-37,40-45,50-51,57,82-83H,15-17,19,38-39,46-49,52-56H2,1-14H3. The number of aromatic nitrogens is 6. The number of esters is 1. The monoisotopic (exact) mass is 1280 g/mol. The van der Waals surface area contributed by atoms with Gasteiger partial charge in [0.1, 0.15) is 24.7 Å². The average molecular weight is 1280 g/mol. The van der Waals surface area contributed by atoms with Crippen molar-refractivity contribution in [2.45, 2.75) is 208 Å². The Hall–Kier alpha value is -7.84. The second-order valence-corrected chi connectivity index (χ2v) is 30.6. The summed E-state index contributed by atoms with van der Waals surface area (Å²) in [6.45, 7) is 36.9. The van der Waals surface area contributed by atoms with Crippen molar-refractivity contribution in [1.29, 1.82) is 0 Å². The minimum atomic E-state index is -0.133. The van der Waals surface area contributed by atoms with E-state index in [9.17, 15) is 4.79 Å². The van der Waals surface area contributed by atoms with Crippen molar-refractivity contribution in [3.63, 3.8) is 0 Å². The van der Waals surface area contributed by atoms with Gasteiger partial charge in [-0.15, -0.1) is 22.0 Å². The first kappa shape index (κ1) is 70.5. The summed E-state index contributed by atoms with van der Waals surface area (Å²) in [5.41, 5.74) is 18.9. The third kappa shape index (κ3) is 20.3. The van der Waals surface area contributed by atoms with Crippen LogP contribution >= 0.6 is 11.8 Å². The number of nitrogens with zero attached hydrogens (tertiary/aromatic N) is 6. The van der Waals surface area contributed by atoms with Crippen LogP contribution in [0.15, 0.2) is 169 Å². The lowest BCUT2D eigenvalue weighted by molar-refractivity contribution is -0.144. The highest BCUT2D eigenvalue weighted by molar-refractivity contribution is 7.99. The zero-order chi connectivity index (χ0) is 67.0. The van der Waals surface area contributed by atoms with Crippen LogP contribution in [0, 0.1) is 5.92 Å². The fraction of sp³-hybridized carbons (Fsp3) is 0.420. The van der Waals surface area contributed by atoms with Crippen molar-refractivity contribution >= 4 is 17.7 Å². The molecule has 9 aromatic rings. The van der Waals surface area contributed by atoms with Gasteiger partial charge < -0.3 is 24.8 Å². The van der Waals surface area contributed by atoms with Gasteiger partial charge >= 0.3 is 5.97 Å². The van der Waals surface area contributed by atoms with Crippen LogP contribution in [-0.2, 0) is 83.7 Å². The van der Waals surface area contributed by atoms with Crippen LogP contribution in [0.4, 0.5) is 0 Å². The minimum absolute atomic E-state index is 0.0326. The van der Waals surface area contributed by atoms with Crippen LogP contribution < -0.4 is 20.1 Å². The summed E-state index contributed by atoms with van der Waals surface area (Å²) in [4.78, 5) is 14.3. The number of nitrogens with one attached hydrogen (secondary N) is 2.